The van der Waals surface area contributed by atoms with E-state index < -0.39 is 28.4 Å². The van der Waals surface area contributed by atoms with Gasteiger partial charge in [0, 0.05) is 12.1 Å². The second-order valence-electron chi connectivity index (χ2n) is 7.62. The zero-order valence-electron chi connectivity index (χ0n) is 19.0. The molecule has 0 aliphatic carbocycles. The molecule has 0 saturated heterocycles. The molecule has 1 aliphatic heterocycles. The van der Waals surface area contributed by atoms with Gasteiger partial charge in [-0.1, -0.05) is 25.5 Å². The van der Waals surface area contributed by atoms with Crippen LogP contribution in [0.4, 0.5) is 0 Å². The number of nitrogens with zero attached hydrogens (tertiary/aromatic N) is 1. The van der Waals surface area contributed by atoms with Gasteiger partial charge in [0.05, 0.1) is 13.7 Å². The fourth-order valence-electron chi connectivity index (χ4n) is 3.39. The Hall–Kier alpha value is -3.33. The number of benzene rings is 2. The largest absolute Gasteiger partial charge is 0.497 e. The maximum absolute atomic E-state index is 13.0. The maximum atomic E-state index is 13.0. The zero-order chi connectivity index (χ0) is 24.0. The first-order valence-corrected chi connectivity index (χ1v) is 12.1. The predicted molar refractivity (Wildman–Crippen MR) is 125 cm³/mol. The number of rotatable bonds is 10. The molecule has 1 aliphatic rings. The van der Waals surface area contributed by atoms with Gasteiger partial charge in [-0.15, -0.1) is 0 Å². The lowest BCUT2D eigenvalue weighted by atomic mass is 10.1. The number of hydrogen-bond acceptors (Lipinski definition) is 6. The monoisotopic (exact) mass is 472 g/mol. The number of hydrogen-bond donors (Lipinski definition) is 1. The van der Waals surface area contributed by atoms with E-state index in [0.717, 1.165) is 24.2 Å². The zero-order valence-corrected chi connectivity index (χ0v) is 19.8. The van der Waals surface area contributed by atoms with Crippen molar-refractivity contribution in [3.63, 3.8) is 0 Å². The summed E-state index contributed by atoms with van der Waals surface area (Å²) in [4.78, 5) is 25.0. The summed E-state index contributed by atoms with van der Waals surface area (Å²) in [5.74, 6) is 0.0407. The van der Waals surface area contributed by atoms with Crippen molar-refractivity contribution in [1.29, 1.82) is 0 Å². The molecule has 0 fully saturated rings. The number of nitrogens with one attached hydrogen (secondary N) is 1. The van der Waals surface area contributed by atoms with Crippen LogP contribution in [0.5, 0.6) is 11.5 Å². The number of unbranched alkanes of at least 4 members (excludes halogenated alkanes) is 1. The highest BCUT2D eigenvalue weighted by atomic mass is 32.2. The van der Waals surface area contributed by atoms with Crippen LogP contribution >= 0.6 is 0 Å². The molecule has 33 heavy (non-hydrogen) atoms. The molecule has 0 unspecified atom stereocenters. The van der Waals surface area contributed by atoms with Crippen LogP contribution in [0.3, 0.4) is 0 Å². The third-order valence-corrected chi connectivity index (χ3v) is 7.19. The van der Waals surface area contributed by atoms with Crippen LogP contribution in [0, 0.1) is 0 Å². The Balaban J connectivity index is 1.62. The Bertz CT molecular complexity index is 1140. The fourth-order valence-corrected chi connectivity index (χ4v) is 5.16. The van der Waals surface area contributed by atoms with Gasteiger partial charge in [-0.3, -0.25) is 9.59 Å². The lowest BCUT2D eigenvalue weighted by Gasteiger charge is -2.16. The first-order chi connectivity index (χ1) is 15.8. The SMILES string of the molecule is CCCCOc1ccc(CNC(=O)CN2C(=O)C(C)=C(c3ccc(OC)cc3)S2(=O)=O)cc1. The normalized spacial score (nSPS) is 15.0. The average molecular weight is 473 g/mol. The van der Waals surface area contributed by atoms with Crippen molar-refractivity contribution in [3.8, 4) is 11.5 Å². The van der Waals surface area contributed by atoms with Gasteiger partial charge >= 0.3 is 0 Å². The highest BCUT2D eigenvalue weighted by Gasteiger charge is 2.43. The van der Waals surface area contributed by atoms with Gasteiger partial charge in [-0.25, -0.2) is 12.7 Å². The van der Waals surface area contributed by atoms with Gasteiger partial charge in [0.1, 0.15) is 22.9 Å². The first kappa shape index (κ1) is 24.3. The van der Waals surface area contributed by atoms with Crippen LogP contribution in [0.2, 0.25) is 0 Å². The number of methoxy groups -OCH3 is 1. The van der Waals surface area contributed by atoms with Crippen molar-refractivity contribution in [2.75, 3.05) is 20.3 Å². The van der Waals surface area contributed by atoms with Crippen LogP contribution < -0.4 is 14.8 Å². The summed E-state index contributed by atoms with van der Waals surface area (Å²) in [6.07, 6.45) is 2.03. The van der Waals surface area contributed by atoms with Gasteiger partial charge in [-0.05, 0) is 60.9 Å². The predicted octanol–water partition coefficient (Wildman–Crippen LogP) is 3.09. The number of sulfonamides is 1. The molecule has 9 heteroatoms. The molecular weight excluding hydrogens is 444 g/mol. The first-order valence-electron chi connectivity index (χ1n) is 10.7. The molecular formula is C24H28N2O6S. The Morgan fingerprint density at radius 2 is 1.67 bits per heavy atom. The van der Waals surface area contributed by atoms with E-state index in [0.29, 0.717) is 22.2 Å². The Labute approximate surface area is 194 Å². The number of amides is 2. The number of carbonyl (C=O) groups excluding carboxylic acids is 2. The highest BCUT2D eigenvalue weighted by Crippen LogP contribution is 2.35. The lowest BCUT2D eigenvalue weighted by Crippen LogP contribution is -2.40. The minimum atomic E-state index is -4.15. The minimum absolute atomic E-state index is 0.0756. The topological polar surface area (TPSA) is 102 Å². The van der Waals surface area contributed by atoms with Gasteiger partial charge in [0.25, 0.3) is 15.9 Å². The molecule has 0 saturated carbocycles. The Morgan fingerprint density at radius 1 is 1.03 bits per heavy atom. The molecule has 0 spiro atoms. The van der Waals surface area contributed by atoms with Crippen LogP contribution in [0.1, 0.15) is 37.8 Å². The second-order valence-corrected chi connectivity index (χ2v) is 9.42. The van der Waals surface area contributed by atoms with Crippen molar-refractivity contribution in [3.05, 3.63) is 65.2 Å². The molecule has 0 radical (unpaired) electrons. The van der Waals surface area contributed by atoms with E-state index in [1.165, 1.54) is 14.0 Å². The molecule has 0 aromatic heterocycles. The molecule has 8 nitrogen and oxygen atoms in total. The Kier molecular flexibility index (Phi) is 7.75. The van der Waals surface area contributed by atoms with E-state index >= 15 is 0 Å². The summed E-state index contributed by atoms with van der Waals surface area (Å²) in [7, 11) is -2.64. The van der Waals surface area contributed by atoms with Crippen molar-refractivity contribution in [1.82, 2.24) is 9.62 Å². The minimum Gasteiger partial charge on any atom is -0.497 e. The van der Waals surface area contributed by atoms with E-state index in [-0.39, 0.29) is 17.0 Å². The van der Waals surface area contributed by atoms with Gasteiger partial charge in [0.15, 0.2) is 0 Å². The highest BCUT2D eigenvalue weighted by molar-refractivity contribution is 7.99. The smallest absolute Gasteiger partial charge is 0.268 e. The van der Waals surface area contributed by atoms with Crippen LogP contribution in [-0.2, 0) is 26.2 Å². The molecule has 0 atom stereocenters. The molecule has 2 aromatic rings. The van der Waals surface area contributed by atoms with E-state index in [2.05, 4.69) is 12.2 Å². The third kappa shape index (κ3) is 5.54. The van der Waals surface area contributed by atoms with Crippen LogP contribution in [-0.4, -0.2) is 44.8 Å². The van der Waals surface area contributed by atoms with Gasteiger partial charge in [0.2, 0.25) is 5.91 Å². The summed E-state index contributed by atoms with van der Waals surface area (Å²) in [5.41, 5.74) is 1.27. The maximum Gasteiger partial charge on any atom is 0.268 e. The van der Waals surface area contributed by atoms with Crippen LogP contribution in [0.25, 0.3) is 4.91 Å². The molecule has 1 heterocycles. The average Bonchev–Trinajstić information content (AvgIpc) is 2.98. The second kappa shape index (κ2) is 10.5. The standard InChI is InChI=1S/C24H28N2O6S/c1-4-5-14-32-21-10-6-18(7-11-21)15-25-22(27)16-26-24(28)17(2)23(33(26,29)30)19-8-12-20(31-3)13-9-19/h6-13H,4-5,14-16H2,1-3H3,(H,25,27). The summed E-state index contributed by atoms with van der Waals surface area (Å²) in [5, 5.41) is 2.67. The quantitative estimate of drug-likeness (QED) is 0.533. The Morgan fingerprint density at radius 3 is 2.27 bits per heavy atom. The molecule has 0 bridgehead atoms. The third-order valence-electron chi connectivity index (χ3n) is 5.26. The van der Waals surface area contributed by atoms with E-state index in [9.17, 15) is 18.0 Å². The molecule has 1 N–H and O–H groups in total. The van der Waals surface area contributed by atoms with Crippen molar-refractivity contribution in [2.24, 2.45) is 0 Å². The molecule has 3 rings (SSSR count). The number of ether oxygens (including phenoxy) is 2. The van der Waals surface area contributed by atoms with E-state index in [1.807, 2.05) is 24.3 Å². The fraction of sp³-hybridized carbons (Fsp3) is 0.333. The summed E-state index contributed by atoms with van der Waals surface area (Å²) in [6.45, 7) is 3.80. The summed E-state index contributed by atoms with van der Waals surface area (Å²) >= 11 is 0. The molecule has 2 amide bonds. The van der Waals surface area contributed by atoms with Crippen molar-refractivity contribution in [2.45, 2.75) is 33.2 Å². The van der Waals surface area contributed by atoms with Gasteiger partial charge < -0.3 is 14.8 Å². The van der Waals surface area contributed by atoms with E-state index in [4.69, 9.17) is 9.47 Å². The van der Waals surface area contributed by atoms with Crippen molar-refractivity contribution >= 4 is 26.7 Å². The summed E-state index contributed by atoms with van der Waals surface area (Å²) < 4.78 is 37.4. The number of carbonyl (C=O) groups is 2. The van der Waals surface area contributed by atoms with E-state index in [1.54, 1.807) is 24.3 Å². The van der Waals surface area contributed by atoms with Crippen molar-refractivity contribution < 1.29 is 27.5 Å². The molecule has 2 aromatic carbocycles. The van der Waals surface area contributed by atoms with Crippen LogP contribution in [0.15, 0.2) is 54.1 Å². The molecule has 176 valence electrons. The lowest BCUT2D eigenvalue weighted by molar-refractivity contribution is -0.128. The summed E-state index contributed by atoms with van der Waals surface area (Å²) in [6, 6.07) is 13.7. The van der Waals surface area contributed by atoms with Gasteiger partial charge in [-0.2, -0.15) is 0 Å².